The van der Waals surface area contributed by atoms with Crippen molar-refractivity contribution in [2.24, 2.45) is 5.10 Å². The van der Waals surface area contributed by atoms with Gasteiger partial charge in [-0.2, -0.15) is 5.10 Å². The molecule has 0 aliphatic carbocycles. The van der Waals surface area contributed by atoms with Crippen LogP contribution in [0, 0.1) is 20.8 Å². The number of hydrogen-bond acceptors (Lipinski definition) is 4. The molecular formula is C20H25N3O3S. The lowest BCUT2D eigenvalue weighted by molar-refractivity contribution is -0.119. The minimum absolute atomic E-state index is 0.340. The second-order valence-corrected chi connectivity index (χ2v) is 8.56. The summed E-state index contributed by atoms with van der Waals surface area (Å²) in [6.45, 7) is 7.18. The van der Waals surface area contributed by atoms with Crippen molar-refractivity contribution in [3.8, 4) is 0 Å². The van der Waals surface area contributed by atoms with Gasteiger partial charge in [-0.1, -0.05) is 47.5 Å². The Kier molecular flexibility index (Phi) is 6.38. The number of hydrazone groups is 1. The maximum atomic E-state index is 12.3. The number of carbonyl (C=O) groups is 1. The van der Waals surface area contributed by atoms with Crippen LogP contribution in [0.15, 0.2) is 47.6 Å². The van der Waals surface area contributed by atoms with E-state index in [0.29, 0.717) is 11.4 Å². The molecule has 0 saturated heterocycles. The molecule has 6 nitrogen and oxygen atoms in total. The molecule has 0 aliphatic rings. The van der Waals surface area contributed by atoms with Crippen molar-refractivity contribution < 1.29 is 13.2 Å². The molecule has 2 aromatic rings. The lowest BCUT2D eigenvalue weighted by Gasteiger charge is -2.23. The quantitative estimate of drug-likeness (QED) is 0.611. The Morgan fingerprint density at radius 2 is 1.63 bits per heavy atom. The second-order valence-electron chi connectivity index (χ2n) is 6.66. The summed E-state index contributed by atoms with van der Waals surface area (Å²) in [5.74, 6) is -0.508. The van der Waals surface area contributed by atoms with E-state index in [1.165, 1.54) is 0 Å². The number of hydrogen-bond donors (Lipinski definition) is 1. The molecule has 0 radical (unpaired) electrons. The first-order chi connectivity index (χ1) is 12.6. The summed E-state index contributed by atoms with van der Waals surface area (Å²) >= 11 is 0. The van der Waals surface area contributed by atoms with Gasteiger partial charge in [0.05, 0.1) is 17.7 Å². The van der Waals surface area contributed by atoms with Gasteiger partial charge in [0, 0.05) is 0 Å². The Morgan fingerprint density at radius 3 is 2.19 bits per heavy atom. The lowest BCUT2D eigenvalue weighted by atomic mass is 10.1. The van der Waals surface area contributed by atoms with Crippen molar-refractivity contribution in [3.63, 3.8) is 0 Å². The van der Waals surface area contributed by atoms with Gasteiger partial charge in [-0.15, -0.1) is 0 Å². The van der Waals surface area contributed by atoms with Crippen LogP contribution in [0.4, 0.5) is 5.69 Å². The molecule has 0 aromatic heterocycles. The molecule has 1 N–H and O–H groups in total. The van der Waals surface area contributed by atoms with Gasteiger partial charge in [0.1, 0.15) is 6.54 Å². The number of aryl methyl sites for hydroxylation is 3. The molecular weight excluding hydrogens is 362 g/mol. The van der Waals surface area contributed by atoms with E-state index >= 15 is 0 Å². The molecule has 0 spiro atoms. The van der Waals surface area contributed by atoms with Crippen molar-refractivity contribution in [1.29, 1.82) is 0 Å². The molecule has 2 rings (SSSR count). The van der Waals surface area contributed by atoms with Crippen LogP contribution in [0.2, 0.25) is 0 Å². The van der Waals surface area contributed by atoms with Crippen molar-refractivity contribution >= 4 is 27.3 Å². The Bertz CT molecular complexity index is 964. The average molecular weight is 388 g/mol. The fourth-order valence-corrected chi connectivity index (χ4v) is 3.55. The number of carbonyl (C=O) groups excluding carboxylic acids is 1. The molecule has 0 bridgehead atoms. The predicted octanol–water partition coefficient (Wildman–Crippen LogP) is 2.92. The van der Waals surface area contributed by atoms with Gasteiger partial charge in [0.25, 0.3) is 5.91 Å². The first kappa shape index (κ1) is 20.6. The minimum Gasteiger partial charge on any atom is -0.271 e. The maximum Gasteiger partial charge on any atom is 0.260 e. The molecule has 0 heterocycles. The highest BCUT2D eigenvalue weighted by atomic mass is 32.2. The van der Waals surface area contributed by atoms with Crippen LogP contribution in [-0.4, -0.2) is 32.8 Å². The average Bonchev–Trinajstić information content (AvgIpc) is 2.58. The smallest absolute Gasteiger partial charge is 0.260 e. The van der Waals surface area contributed by atoms with Gasteiger partial charge in [-0.3, -0.25) is 9.10 Å². The lowest BCUT2D eigenvalue weighted by Crippen LogP contribution is -2.39. The zero-order valence-electron chi connectivity index (χ0n) is 16.3. The zero-order valence-corrected chi connectivity index (χ0v) is 17.1. The third-order valence-corrected chi connectivity index (χ3v) is 5.25. The highest BCUT2D eigenvalue weighted by molar-refractivity contribution is 7.92. The van der Waals surface area contributed by atoms with Crippen molar-refractivity contribution in [1.82, 2.24) is 5.43 Å². The number of rotatable bonds is 6. The van der Waals surface area contributed by atoms with Crippen LogP contribution in [-0.2, 0) is 14.8 Å². The monoisotopic (exact) mass is 387 g/mol. The van der Waals surface area contributed by atoms with E-state index in [2.05, 4.69) is 10.5 Å². The molecule has 144 valence electrons. The topological polar surface area (TPSA) is 78.8 Å². The minimum atomic E-state index is -3.62. The number of amides is 1. The standard InChI is InChI=1S/C20H25N3O3S/c1-14-6-9-18(10-7-14)17(4)21-22-20(24)13-23(27(5,25)26)19-11-8-15(2)12-16(19)3/h6-12H,13H2,1-5H3,(H,22,24)/b21-17-. The van der Waals surface area contributed by atoms with E-state index in [0.717, 1.165) is 32.8 Å². The van der Waals surface area contributed by atoms with Gasteiger partial charge in [-0.25, -0.2) is 13.8 Å². The number of anilines is 1. The van der Waals surface area contributed by atoms with E-state index in [1.807, 2.05) is 57.2 Å². The third kappa shape index (κ3) is 5.65. The zero-order chi connectivity index (χ0) is 20.2. The Balaban J connectivity index is 2.17. The Morgan fingerprint density at radius 1 is 1.04 bits per heavy atom. The summed E-state index contributed by atoms with van der Waals surface area (Å²) < 4.78 is 25.5. The number of benzene rings is 2. The van der Waals surface area contributed by atoms with Gasteiger partial charge >= 0.3 is 0 Å². The fourth-order valence-electron chi connectivity index (χ4n) is 2.64. The molecule has 1 amide bonds. The van der Waals surface area contributed by atoms with Crippen molar-refractivity contribution in [3.05, 3.63) is 64.7 Å². The van der Waals surface area contributed by atoms with Gasteiger partial charge < -0.3 is 0 Å². The fraction of sp³-hybridized carbons (Fsp3) is 0.300. The van der Waals surface area contributed by atoms with Gasteiger partial charge in [0.15, 0.2) is 0 Å². The number of sulfonamides is 1. The first-order valence-corrected chi connectivity index (χ1v) is 10.4. The van der Waals surface area contributed by atoms with Crippen molar-refractivity contribution in [2.45, 2.75) is 27.7 Å². The maximum absolute atomic E-state index is 12.3. The van der Waals surface area contributed by atoms with E-state index in [4.69, 9.17) is 0 Å². The molecule has 0 fully saturated rings. The van der Waals surface area contributed by atoms with Crippen LogP contribution >= 0.6 is 0 Å². The summed E-state index contributed by atoms with van der Waals surface area (Å²) in [6.07, 6.45) is 1.08. The molecule has 7 heteroatoms. The van der Waals surface area contributed by atoms with E-state index in [1.54, 1.807) is 13.0 Å². The second kappa shape index (κ2) is 8.35. The van der Waals surface area contributed by atoms with Crippen LogP contribution in [0.5, 0.6) is 0 Å². The molecule has 0 aliphatic heterocycles. The van der Waals surface area contributed by atoms with Crippen LogP contribution in [0.3, 0.4) is 0 Å². The Hall–Kier alpha value is -2.67. The summed E-state index contributed by atoms with van der Waals surface area (Å²) in [7, 11) is -3.62. The highest BCUT2D eigenvalue weighted by Gasteiger charge is 2.22. The SMILES string of the molecule is C/C(=N/NC(=O)CN(c1ccc(C)cc1C)S(C)(=O)=O)c1ccc(C)cc1. The summed E-state index contributed by atoms with van der Waals surface area (Å²) in [6, 6.07) is 13.2. The van der Waals surface area contributed by atoms with E-state index in [9.17, 15) is 13.2 Å². The van der Waals surface area contributed by atoms with E-state index < -0.39 is 15.9 Å². The predicted molar refractivity (Wildman–Crippen MR) is 110 cm³/mol. The summed E-state index contributed by atoms with van der Waals surface area (Å²) in [4.78, 5) is 12.3. The van der Waals surface area contributed by atoms with Crippen molar-refractivity contribution in [2.75, 3.05) is 17.1 Å². The Labute approximate surface area is 161 Å². The summed E-state index contributed by atoms with van der Waals surface area (Å²) in [5.41, 5.74) is 7.39. The molecule has 0 saturated carbocycles. The normalized spacial score (nSPS) is 12.0. The van der Waals surface area contributed by atoms with E-state index in [-0.39, 0.29) is 6.54 Å². The first-order valence-electron chi connectivity index (χ1n) is 8.53. The molecule has 0 atom stereocenters. The van der Waals surface area contributed by atoms with Crippen LogP contribution in [0.25, 0.3) is 0 Å². The van der Waals surface area contributed by atoms with Crippen LogP contribution in [0.1, 0.15) is 29.2 Å². The highest BCUT2D eigenvalue weighted by Crippen LogP contribution is 2.23. The third-order valence-electron chi connectivity index (χ3n) is 4.13. The molecule has 2 aromatic carbocycles. The molecule has 0 unspecified atom stereocenters. The summed E-state index contributed by atoms with van der Waals surface area (Å²) in [5, 5.41) is 4.08. The van der Waals surface area contributed by atoms with Gasteiger partial charge in [0.2, 0.25) is 10.0 Å². The number of nitrogens with zero attached hydrogens (tertiary/aromatic N) is 2. The molecule has 27 heavy (non-hydrogen) atoms. The number of nitrogens with one attached hydrogen (secondary N) is 1. The largest absolute Gasteiger partial charge is 0.271 e. The van der Waals surface area contributed by atoms with Gasteiger partial charge in [-0.05, 0) is 44.9 Å². The van der Waals surface area contributed by atoms with Crippen LogP contribution < -0.4 is 9.73 Å².